The van der Waals surface area contributed by atoms with Crippen molar-refractivity contribution < 1.29 is 19.4 Å². The number of hydrogen-bond acceptors (Lipinski definition) is 6. The van der Waals surface area contributed by atoms with Crippen molar-refractivity contribution in [3.8, 4) is 11.5 Å². The van der Waals surface area contributed by atoms with Crippen molar-refractivity contribution in [1.29, 1.82) is 5.41 Å². The Hall–Kier alpha value is -4.01. The summed E-state index contributed by atoms with van der Waals surface area (Å²) < 4.78 is 12.2. The first kappa shape index (κ1) is 19.3. The van der Waals surface area contributed by atoms with Crippen molar-refractivity contribution in [1.82, 2.24) is 20.0 Å². The minimum absolute atomic E-state index is 0.0313. The molecule has 3 N–H and O–H groups in total. The van der Waals surface area contributed by atoms with E-state index in [2.05, 4.69) is 10.4 Å². The molecule has 9 heteroatoms. The van der Waals surface area contributed by atoms with Gasteiger partial charge >= 0.3 is 0 Å². The fourth-order valence-electron chi connectivity index (χ4n) is 3.44. The number of benzene rings is 2. The number of fused-ring (bicyclic) bond motifs is 1. The first-order valence-corrected chi connectivity index (χ1v) is 9.18. The maximum atomic E-state index is 12.7. The molecule has 2 aromatic carbocycles. The molecule has 0 fully saturated rings. The number of carbonyl (C=O) groups is 1. The molecule has 3 aromatic rings. The molecule has 154 valence electrons. The number of hydrazine groups is 1. The van der Waals surface area contributed by atoms with Crippen molar-refractivity contribution in [2.75, 3.05) is 20.8 Å². The predicted molar refractivity (Wildman–Crippen MR) is 112 cm³/mol. The van der Waals surface area contributed by atoms with Gasteiger partial charge in [0.25, 0.3) is 5.91 Å². The van der Waals surface area contributed by atoms with Crippen molar-refractivity contribution in [2.24, 2.45) is 7.05 Å². The molecular weight excluding hydrogens is 386 g/mol. The molecule has 0 radical (unpaired) electrons. The van der Waals surface area contributed by atoms with Crippen LogP contribution in [0.5, 0.6) is 11.5 Å². The standard InChI is InChI=1S/C21H21N5O4/c1-25-14-7-5-4-6-13(14)23-20(25)18-15(27)11-26(19(18)22)24-21(28)12-8-9-16(29-2)17(10-12)30-3/h4-10,22,27H,11H2,1-3H3,(H,24,28). The third-order valence-corrected chi connectivity index (χ3v) is 5.00. The van der Waals surface area contributed by atoms with Crippen molar-refractivity contribution in [2.45, 2.75) is 0 Å². The van der Waals surface area contributed by atoms with Gasteiger partial charge in [0, 0.05) is 12.6 Å². The van der Waals surface area contributed by atoms with E-state index in [9.17, 15) is 9.90 Å². The zero-order chi connectivity index (χ0) is 21.4. The number of amidine groups is 1. The van der Waals surface area contributed by atoms with Gasteiger partial charge in [0.05, 0.1) is 31.8 Å². The quantitative estimate of drug-likeness (QED) is 0.599. The van der Waals surface area contributed by atoms with Gasteiger partial charge in [0.15, 0.2) is 17.3 Å². The molecular formula is C21H21N5O4. The summed E-state index contributed by atoms with van der Waals surface area (Å²) in [6.45, 7) is -0.0313. The Labute approximate surface area is 172 Å². The molecule has 0 unspecified atom stereocenters. The van der Waals surface area contributed by atoms with Crippen LogP contribution in [0.2, 0.25) is 0 Å². The van der Waals surface area contributed by atoms with Crippen molar-refractivity contribution in [3.05, 3.63) is 59.6 Å². The number of aliphatic hydroxyl groups is 1. The SMILES string of the molecule is COc1ccc(C(=O)NN2CC(O)=C(c3nc4ccccc4n3C)C2=N)cc1OC. The molecule has 1 amide bonds. The molecule has 1 aliphatic heterocycles. The number of aromatic nitrogens is 2. The van der Waals surface area contributed by atoms with Gasteiger partial charge in [-0.1, -0.05) is 12.1 Å². The number of ether oxygens (including phenoxy) is 2. The van der Waals surface area contributed by atoms with E-state index in [1.54, 1.807) is 18.2 Å². The Morgan fingerprint density at radius 3 is 2.60 bits per heavy atom. The number of amides is 1. The van der Waals surface area contributed by atoms with Crippen LogP contribution >= 0.6 is 0 Å². The number of aliphatic hydroxyl groups excluding tert-OH is 1. The summed E-state index contributed by atoms with van der Waals surface area (Å²) in [7, 11) is 4.82. The molecule has 0 bridgehead atoms. The van der Waals surface area contributed by atoms with E-state index in [1.165, 1.54) is 19.2 Å². The van der Waals surface area contributed by atoms with Gasteiger partial charge in [-0.3, -0.25) is 20.6 Å². The highest BCUT2D eigenvalue weighted by atomic mass is 16.5. The van der Waals surface area contributed by atoms with E-state index in [0.29, 0.717) is 22.9 Å². The number of nitrogens with zero attached hydrogens (tertiary/aromatic N) is 3. The Morgan fingerprint density at radius 2 is 1.90 bits per heavy atom. The molecule has 9 nitrogen and oxygen atoms in total. The first-order chi connectivity index (χ1) is 14.4. The Morgan fingerprint density at radius 1 is 1.17 bits per heavy atom. The average Bonchev–Trinajstić information content (AvgIpc) is 3.22. The lowest BCUT2D eigenvalue weighted by molar-refractivity contribution is 0.0874. The predicted octanol–water partition coefficient (Wildman–Crippen LogP) is 2.50. The molecule has 0 atom stereocenters. The van der Waals surface area contributed by atoms with Gasteiger partial charge in [-0.15, -0.1) is 0 Å². The van der Waals surface area contributed by atoms with Crippen LogP contribution in [0.25, 0.3) is 16.6 Å². The van der Waals surface area contributed by atoms with E-state index in [1.807, 2.05) is 35.9 Å². The molecule has 2 heterocycles. The normalized spacial score (nSPS) is 13.8. The maximum absolute atomic E-state index is 12.7. The molecule has 1 aromatic heterocycles. The highest BCUT2D eigenvalue weighted by Gasteiger charge is 2.32. The summed E-state index contributed by atoms with van der Waals surface area (Å²) >= 11 is 0. The summed E-state index contributed by atoms with van der Waals surface area (Å²) in [5, 5.41) is 20.3. The number of rotatable bonds is 5. The molecule has 1 aliphatic rings. The van der Waals surface area contributed by atoms with Gasteiger partial charge in [-0.2, -0.15) is 0 Å². The van der Waals surface area contributed by atoms with Crippen LogP contribution in [-0.4, -0.2) is 52.2 Å². The van der Waals surface area contributed by atoms with Gasteiger partial charge in [0.2, 0.25) is 0 Å². The summed E-state index contributed by atoms with van der Waals surface area (Å²) in [5.74, 6) is 0.862. The number of imidazole rings is 1. The average molecular weight is 407 g/mol. The van der Waals surface area contributed by atoms with E-state index < -0.39 is 5.91 Å². The zero-order valence-electron chi connectivity index (χ0n) is 16.8. The van der Waals surface area contributed by atoms with Crippen LogP contribution in [0.15, 0.2) is 48.2 Å². The number of hydrogen-bond donors (Lipinski definition) is 3. The lowest BCUT2D eigenvalue weighted by Crippen LogP contribution is -2.44. The smallest absolute Gasteiger partial charge is 0.269 e. The highest BCUT2D eigenvalue weighted by Crippen LogP contribution is 2.29. The minimum Gasteiger partial charge on any atom is -0.509 e. The third kappa shape index (κ3) is 3.10. The monoisotopic (exact) mass is 407 g/mol. The minimum atomic E-state index is -0.445. The lowest BCUT2D eigenvalue weighted by Gasteiger charge is -2.20. The summed E-state index contributed by atoms with van der Waals surface area (Å²) in [4.78, 5) is 17.2. The van der Waals surface area contributed by atoms with E-state index >= 15 is 0 Å². The fraction of sp³-hybridized carbons (Fsp3) is 0.190. The van der Waals surface area contributed by atoms with Crippen molar-refractivity contribution >= 4 is 28.3 Å². The lowest BCUT2D eigenvalue weighted by atomic mass is 10.2. The largest absolute Gasteiger partial charge is 0.509 e. The van der Waals surface area contributed by atoms with Gasteiger partial charge in [-0.05, 0) is 30.3 Å². The zero-order valence-corrected chi connectivity index (χ0v) is 16.8. The van der Waals surface area contributed by atoms with Crippen LogP contribution in [0.4, 0.5) is 0 Å². The van der Waals surface area contributed by atoms with Crippen LogP contribution in [0, 0.1) is 5.41 Å². The Balaban J connectivity index is 1.58. The topological polar surface area (TPSA) is 113 Å². The Bertz CT molecular complexity index is 1200. The number of methoxy groups -OCH3 is 2. The van der Waals surface area contributed by atoms with Crippen LogP contribution in [0.3, 0.4) is 0 Å². The van der Waals surface area contributed by atoms with Crippen LogP contribution in [0.1, 0.15) is 16.2 Å². The number of para-hydroxylation sites is 2. The molecule has 30 heavy (non-hydrogen) atoms. The summed E-state index contributed by atoms with van der Waals surface area (Å²) in [5.41, 5.74) is 4.90. The second-order valence-electron chi connectivity index (χ2n) is 6.75. The number of nitrogens with one attached hydrogen (secondary N) is 2. The van der Waals surface area contributed by atoms with Crippen molar-refractivity contribution in [3.63, 3.8) is 0 Å². The molecule has 0 saturated heterocycles. The second-order valence-corrected chi connectivity index (χ2v) is 6.75. The molecule has 0 saturated carbocycles. The van der Waals surface area contributed by atoms with Crippen LogP contribution in [-0.2, 0) is 7.05 Å². The second kappa shape index (κ2) is 7.43. The van der Waals surface area contributed by atoms with E-state index in [0.717, 1.165) is 11.0 Å². The fourth-order valence-corrected chi connectivity index (χ4v) is 3.44. The van der Waals surface area contributed by atoms with Gasteiger partial charge in [0.1, 0.15) is 17.2 Å². The van der Waals surface area contributed by atoms with Crippen LogP contribution < -0.4 is 14.9 Å². The summed E-state index contributed by atoms with van der Waals surface area (Å²) in [6.07, 6.45) is 0. The van der Waals surface area contributed by atoms with Gasteiger partial charge in [-0.25, -0.2) is 4.98 Å². The number of aryl methyl sites for hydroxylation is 1. The van der Waals surface area contributed by atoms with E-state index in [4.69, 9.17) is 14.9 Å². The molecule has 0 aliphatic carbocycles. The van der Waals surface area contributed by atoms with Gasteiger partial charge < -0.3 is 19.1 Å². The summed E-state index contributed by atoms with van der Waals surface area (Å²) in [6, 6.07) is 12.3. The molecule has 0 spiro atoms. The maximum Gasteiger partial charge on any atom is 0.269 e. The molecule has 4 rings (SSSR count). The third-order valence-electron chi connectivity index (χ3n) is 5.00. The highest BCUT2D eigenvalue weighted by molar-refractivity contribution is 6.23. The van der Waals surface area contributed by atoms with E-state index in [-0.39, 0.29) is 23.7 Å². The Kier molecular flexibility index (Phi) is 4.78. The number of carbonyl (C=O) groups excluding carboxylic acids is 1. The first-order valence-electron chi connectivity index (χ1n) is 9.18.